The minimum absolute atomic E-state index is 0.294. The molecule has 0 atom stereocenters. The first-order chi connectivity index (χ1) is 12.2. The Hall–Kier alpha value is -3.13. The topological polar surface area (TPSA) is 94.1 Å². The van der Waals surface area contributed by atoms with E-state index in [1.807, 2.05) is 31.2 Å². The van der Waals surface area contributed by atoms with E-state index in [1.165, 1.54) is 0 Å². The van der Waals surface area contributed by atoms with E-state index in [0.717, 1.165) is 11.3 Å². The molecule has 130 valence electrons. The van der Waals surface area contributed by atoms with Gasteiger partial charge in [-0.25, -0.2) is 4.68 Å². The SMILES string of the molecule is CCOCn1cc(NC(=O)c2cc(-c3cccc(OC)c3)n[nH]2)cn1. The zero-order valence-corrected chi connectivity index (χ0v) is 14.0. The average Bonchev–Trinajstić information content (AvgIpc) is 3.29. The highest BCUT2D eigenvalue weighted by molar-refractivity contribution is 6.03. The third kappa shape index (κ3) is 4.04. The number of anilines is 1. The number of ether oxygens (including phenoxy) is 2. The lowest BCUT2D eigenvalue weighted by Gasteiger charge is -2.01. The van der Waals surface area contributed by atoms with Crippen molar-refractivity contribution in [2.75, 3.05) is 19.0 Å². The van der Waals surface area contributed by atoms with Gasteiger partial charge in [-0.15, -0.1) is 0 Å². The molecule has 25 heavy (non-hydrogen) atoms. The van der Waals surface area contributed by atoms with Gasteiger partial charge in [-0.2, -0.15) is 10.2 Å². The van der Waals surface area contributed by atoms with Crippen LogP contribution in [0.25, 0.3) is 11.3 Å². The molecule has 8 heteroatoms. The maximum atomic E-state index is 12.3. The third-order valence-electron chi connectivity index (χ3n) is 3.51. The van der Waals surface area contributed by atoms with Crippen LogP contribution in [-0.4, -0.2) is 39.6 Å². The standard InChI is InChI=1S/C17H19N5O3/c1-3-25-11-22-10-13(9-18-22)19-17(23)16-8-15(20-21-16)12-5-4-6-14(7-12)24-2/h4-10H,3,11H2,1-2H3,(H,19,23)(H,20,21). The van der Waals surface area contributed by atoms with Crippen LogP contribution in [0.3, 0.4) is 0 Å². The van der Waals surface area contributed by atoms with Crippen molar-refractivity contribution in [2.24, 2.45) is 0 Å². The summed E-state index contributed by atoms with van der Waals surface area (Å²) in [6, 6.07) is 9.17. The second-order valence-corrected chi connectivity index (χ2v) is 5.24. The Labute approximate surface area is 144 Å². The molecular weight excluding hydrogens is 322 g/mol. The number of benzene rings is 1. The monoisotopic (exact) mass is 341 g/mol. The summed E-state index contributed by atoms with van der Waals surface area (Å²) >= 11 is 0. The lowest BCUT2D eigenvalue weighted by Crippen LogP contribution is -2.12. The van der Waals surface area contributed by atoms with E-state index in [2.05, 4.69) is 20.6 Å². The molecule has 0 saturated heterocycles. The number of carbonyl (C=O) groups excluding carboxylic acids is 1. The molecule has 0 aliphatic heterocycles. The van der Waals surface area contributed by atoms with Gasteiger partial charge in [0.25, 0.3) is 5.91 Å². The van der Waals surface area contributed by atoms with Crippen LogP contribution in [0, 0.1) is 0 Å². The summed E-state index contributed by atoms with van der Waals surface area (Å²) in [5.41, 5.74) is 2.47. The first-order valence-electron chi connectivity index (χ1n) is 7.81. The lowest BCUT2D eigenvalue weighted by molar-refractivity contribution is 0.0792. The Bertz CT molecular complexity index is 855. The van der Waals surface area contributed by atoms with Crippen LogP contribution in [0.15, 0.2) is 42.7 Å². The molecule has 2 aromatic heterocycles. The number of hydrogen-bond donors (Lipinski definition) is 2. The normalized spacial score (nSPS) is 10.6. The highest BCUT2D eigenvalue weighted by Crippen LogP contribution is 2.22. The number of rotatable bonds is 7. The molecule has 0 saturated carbocycles. The summed E-state index contributed by atoms with van der Waals surface area (Å²) in [6.45, 7) is 2.85. The fourth-order valence-corrected chi connectivity index (χ4v) is 2.25. The van der Waals surface area contributed by atoms with Crippen molar-refractivity contribution in [3.05, 3.63) is 48.4 Å². The highest BCUT2D eigenvalue weighted by atomic mass is 16.5. The van der Waals surface area contributed by atoms with E-state index in [1.54, 1.807) is 30.3 Å². The predicted molar refractivity (Wildman–Crippen MR) is 92.4 cm³/mol. The molecule has 1 amide bonds. The zero-order chi connectivity index (χ0) is 17.6. The largest absolute Gasteiger partial charge is 0.497 e. The lowest BCUT2D eigenvalue weighted by atomic mass is 10.1. The molecule has 3 aromatic rings. The van der Waals surface area contributed by atoms with Crippen LogP contribution in [0.1, 0.15) is 17.4 Å². The number of methoxy groups -OCH3 is 1. The maximum absolute atomic E-state index is 12.3. The van der Waals surface area contributed by atoms with E-state index < -0.39 is 0 Å². The molecule has 0 aliphatic rings. The number of aromatic amines is 1. The second-order valence-electron chi connectivity index (χ2n) is 5.24. The van der Waals surface area contributed by atoms with E-state index in [-0.39, 0.29) is 5.91 Å². The van der Waals surface area contributed by atoms with E-state index >= 15 is 0 Å². The van der Waals surface area contributed by atoms with Crippen molar-refractivity contribution >= 4 is 11.6 Å². The summed E-state index contributed by atoms with van der Waals surface area (Å²) in [6.07, 6.45) is 3.27. The number of aromatic nitrogens is 4. The first-order valence-corrected chi connectivity index (χ1v) is 7.81. The smallest absolute Gasteiger partial charge is 0.273 e. The number of nitrogens with zero attached hydrogens (tertiary/aromatic N) is 3. The highest BCUT2D eigenvalue weighted by Gasteiger charge is 2.12. The van der Waals surface area contributed by atoms with Crippen molar-refractivity contribution in [3.63, 3.8) is 0 Å². The van der Waals surface area contributed by atoms with Crippen LogP contribution in [-0.2, 0) is 11.5 Å². The molecular formula is C17H19N5O3. The first kappa shape index (κ1) is 16.7. The van der Waals surface area contributed by atoms with Crippen molar-refractivity contribution in [2.45, 2.75) is 13.7 Å². The molecule has 2 heterocycles. The molecule has 1 aromatic carbocycles. The molecule has 0 radical (unpaired) electrons. The average molecular weight is 341 g/mol. The van der Waals surface area contributed by atoms with Gasteiger partial charge in [0.2, 0.25) is 0 Å². The number of carbonyl (C=O) groups is 1. The third-order valence-corrected chi connectivity index (χ3v) is 3.51. The van der Waals surface area contributed by atoms with Crippen LogP contribution in [0.2, 0.25) is 0 Å². The van der Waals surface area contributed by atoms with Crippen molar-refractivity contribution in [1.82, 2.24) is 20.0 Å². The van der Waals surface area contributed by atoms with Gasteiger partial charge in [-0.05, 0) is 25.1 Å². The molecule has 0 bridgehead atoms. The van der Waals surface area contributed by atoms with Crippen molar-refractivity contribution in [1.29, 1.82) is 0 Å². The van der Waals surface area contributed by atoms with Crippen LogP contribution >= 0.6 is 0 Å². The quantitative estimate of drug-likeness (QED) is 0.689. The molecule has 0 unspecified atom stereocenters. The summed E-state index contributed by atoms with van der Waals surface area (Å²) in [5, 5.41) is 13.8. The fourth-order valence-electron chi connectivity index (χ4n) is 2.25. The van der Waals surface area contributed by atoms with Gasteiger partial charge >= 0.3 is 0 Å². The molecule has 8 nitrogen and oxygen atoms in total. The van der Waals surface area contributed by atoms with Gasteiger partial charge in [0, 0.05) is 12.2 Å². The summed E-state index contributed by atoms with van der Waals surface area (Å²) < 4.78 is 12.1. The molecule has 0 fully saturated rings. The molecule has 0 aliphatic carbocycles. The van der Waals surface area contributed by atoms with E-state index in [9.17, 15) is 4.79 Å². The Morgan fingerprint density at radius 1 is 1.36 bits per heavy atom. The maximum Gasteiger partial charge on any atom is 0.273 e. The Kier molecular flexibility index (Phi) is 5.10. The molecule has 0 spiro atoms. The van der Waals surface area contributed by atoms with Gasteiger partial charge in [0.1, 0.15) is 18.2 Å². The van der Waals surface area contributed by atoms with E-state index in [0.29, 0.717) is 30.4 Å². The summed E-state index contributed by atoms with van der Waals surface area (Å²) in [4.78, 5) is 12.3. The van der Waals surface area contributed by atoms with Gasteiger partial charge in [0.15, 0.2) is 0 Å². The van der Waals surface area contributed by atoms with Gasteiger partial charge in [-0.3, -0.25) is 9.89 Å². The van der Waals surface area contributed by atoms with Crippen molar-refractivity contribution < 1.29 is 14.3 Å². The van der Waals surface area contributed by atoms with Gasteiger partial charge in [-0.1, -0.05) is 12.1 Å². The summed E-state index contributed by atoms with van der Waals surface area (Å²) in [7, 11) is 1.61. The number of nitrogens with one attached hydrogen (secondary N) is 2. The number of amides is 1. The second kappa shape index (κ2) is 7.63. The predicted octanol–water partition coefficient (Wildman–Crippen LogP) is 2.53. The van der Waals surface area contributed by atoms with Gasteiger partial charge in [0.05, 0.1) is 30.9 Å². The minimum atomic E-state index is -0.294. The van der Waals surface area contributed by atoms with Gasteiger partial charge < -0.3 is 14.8 Å². The van der Waals surface area contributed by atoms with Crippen molar-refractivity contribution in [3.8, 4) is 17.0 Å². The summed E-state index contributed by atoms with van der Waals surface area (Å²) in [5.74, 6) is 0.436. The Morgan fingerprint density at radius 2 is 2.24 bits per heavy atom. The van der Waals surface area contributed by atoms with E-state index in [4.69, 9.17) is 9.47 Å². The van der Waals surface area contributed by atoms with Crippen LogP contribution < -0.4 is 10.1 Å². The Morgan fingerprint density at radius 3 is 3.04 bits per heavy atom. The number of hydrogen-bond acceptors (Lipinski definition) is 5. The Balaban J connectivity index is 1.69. The van der Waals surface area contributed by atoms with Crippen LogP contribution in [0.5, 0.6) is 5.75 Å². The zero-order valence-electron chi connectivity index (χ0n) is 14.0. The van der Waals surface area contributed by atoms with Crippen LogP contribution in [0.4, 0.5) is 5.69 Å². The fraction of sp³-hybridized carbons (Fsp3) is 0.235. The minimum Gasteiger partial charge on any atom is -0.497 e. The molecule has 3 rings (SSSR count). The molecule has 2 N–H and O–H groups in total. The number of H-pyrrole nitrogens is 1.